The smallest absolute Gasteiger partial charge is 0.194 e. The summed E-state index contributed by atoms with van der Waals surface area (Å²) in [5.74, 6) is 0.843. The summed E-state index contributed by atoms with van der Waals surface area (Å²) in [4.78, 5) is 11.0. The molecule has 3 aromatic heterocycles. The van der Waals surface area contributed by atoms with E-state index in [4.69, 9.17) is 0 Å². The van der Waals surface area contributed by atoms with Crippen molar-refractivity contribution in [1.82, 2.24) is 29.9 Å². The van der Waals surface area contributed by atoms with Crippen LogP contribution in [0.2, 0.25) is 0 Å². The largest absolute Gasteiger partial charge is 0.304 e. The fourth-order valence-electron chi connectivity index (χ4n) is 1.94. The quantitative estimate of drug-likeness (QED) is 0.746. The predicted molar refractivity (Wildman–Crippen MR) is 69.5 cm³/mol. The Morgan fingerprint density at radius 2 is 2.28 bits per heavy atom. The minimum Gasteiger partial charge on any atom is -0.304 e. The molecule has 0 spiro atoms. The molecular formula is C11H14N6S. The van der Waals surface area contributed by atoms with Gasteiger partial charge in [0.15, 0.2) is 4.96 Å². The molecule has 0 radical (unpaired) electrons. The highest BCUT2D eigenvalue weighted by Gasteiger charge is 2.10. The van der Waals surface area contributed by atoms with E-state index in [-0.39, 0.29) is 0 Å². The average Bonchev–Trinajstić information content (AvgIpc) is 2.99. The van der Waals surface area contributed by atoms with Crippen molar-refractivity contribution < 1.29 is 0 Å². The van der Waals surface area contributed by atoms with Crippen molar-refractivity contribution in [1.29, 1.82) is 0 Å². The molecule has 2 N–H and O–H groups in total. The van der Waals surface area contributed by atoms with Gasteiger partial charge in [-0.2, -0.15) is 5.10 Å². The Labute approximate surface area is 108 Å². The molecule has 7 heteroatoms. The third-order valence-corrected chi connectivity index (χ3v) is 3.69. The van der Waals surface area contributed by atoms with Crippen LogP contribution in [0.4, 0.5) is 0 Å². The molecule has 0 aliphatic rings. The van der Waals surface area contributed by atoms with Crippen LogP contribution in [0, 0.1) is 13.8 Å². The van der Waals surface area contributed by atoms with Crippen molar-refractivity contribution in [3.63, 3.8) is 0 Å². The molecule has 3 rings (SSSR count). The Bertz CT molecular complexity index is 650. The minimum absolute atomic E-state index is 0.676. The van der Waals surface area contributed by atoms with E-state index in [0.29, 0.717) is 6.54 Å². The number of hydrogen-bond donors (Lipinski definition) is 2. The molecule has 0 saturated carbocycles. The second kappa shape index (κ2) is 4.51. The third kappa shape index (κ3) is 2.02. The zero-order valence-electron chi connectivity index (χ0n) is 10.3. The minimum atomic E-state index is 0.676. The molecular weight excluding hydrogens is 248 g/mol. The lowest BCUT2D eigenvalue weighted by Crippen LogP contribution is -2.15. The van der Waals surface area contributed by atoms with E-state index >= 15 is 0 Å². The highest BCUT2D eigenvalue weighted by molar-refractivity contribution is 7.17. The molecule has 3 heterocycles. The van der Waals surface area contributed by atoms with E-state index in [0.717, 1.165) is 23.0 Å². The first-order valence-corrected chi connectivity index (χ1v) is 6.54. The molecule has 0 aliphatic carbocycles. The van der Waals surface area contributed by atoms with E-state index in [1.807, 2.05) is 6.92 Å². The normalized spacial score (nSPS) is 11.4. The van der Waals surface area contributed by atoms with Crippen LogP contribution in [0.5, 0.6) is 0 Å². The monoisotopic (exact) mass is 262 g/mol. The maximum Gasteiger partial charge on any atom is 0.194 e. The van der Waals surface area contributed by atoms with Gasteiger partial charge >= 0.3 is 0 Å². The second-order valence-electron chi connectivity index (χ2n) is 4.17. The summed E-state index contributed by atoms with van der Waals surface area (Å²) in [6, 6.07) is 0. The topological polar surface area (TPSA) is 70.9 Å². The van der Waals surface area contributed by atoms with E-state index in [9.17, 15) is 0 Å². The number of H-pyrrole nitrogens is 1. The van der Waals surface area contributed by atoms with Gasteiger partial charge in [0.1, 0.15) is 12.2 Å². The summed E-state index contributed by atoms with van der Waals surface area (Å²) >= 11 is 1.71. The van der Waals surface area contributed by atoms with Gasteiger partial charge in [0.2, 0.25) is 0 Å². The maximum absolute atomic E-state index is 4.56. The van der Waals surface area contributed by atoms with Crippen LogP contribution in [0.3, 0.4) is 0 Å². The summed E-state index contributed by atoms with van der Waals surface area (Å²) in [5, 5.41) is 9.99. The van der Waals surface area contributed by atoms with Crippen molar-refractivity contribution in [3.8, 4) is 0 Å². The summed E-state index contributed by atoms with van der Waals surface area (Å²) in [6.07, 6.45) is 3.65. The van der Waals surface area contributed by atoms with Crippen molar-refractivity contribution in [2.75, 3.05) is 0 Å². The number of aryl methyl sites for hydroxylation is 2. The van der Waals surface area contributed by atoms with Gasteiger partial charge < -0.3 is 5.32 Å². The van der Waals surface area contributed by atoms with Crippen LogP contribution in [-0.2, 0) is 13.1 Å². The van der Waals surface area contributed by atoms with Gasteiger partial charge in [0.05, 0.1) is 17.9 Å². The van der Waals surface area contributed by atoms with Crippen LogP contribution >= 0.6 is 11.3 Å². The van der Waals surface area contributed by atoms with Crippen LogP contribution in [-0.4, -0.2) is 24.6 Å². The van der Waals surface area contributed by atoms with E-state index in [1.54, 1.807) is 11.3 Å². The van der Waals surface area contributed by atoms with Gasteiger partial charge in [0.25, 0.3) is 0 Å². The first-order chi connectivity index (χ1) is 8.74. The van der Waals surface area contributed by atoms with Gasteiger partial charge in [-0.3, -0.25) is 9.50 Å². The number of nitrogens with one attached hydrogen (secondary N) is 2. The lowest BCUT2D eigenvalue weighted by molar-refractivity contribution is 0.648. The molecule has 18 heavy (non-hydrogen) atoms. The number of thiazole rings is 1. The SMILES string of the molecule is Cc1cn2c(CNCc3ncn[nH]3)c(C)nc2s1. The molecule has 0 atom stereocenters. The molecule has 0 saturated heterocycles. The lowest BCUT2D eigenvalue weighted by atomic mass is 10.3. The lowest BCUT2D eigenvalue weighted by Gasteiger charge is -2.02. The Morgan fingerprint density at radius 3 is 3.06 bits per heavy atom. The van der Waals surface area contributed by atoms with Crippen LogP contribution < -0.4 is 5.32 Å². The Hall–Kier alpha value is -1.73. The highest BCUT2D eigenvalue weighted by atomic mass is 32.1. The maximum atomic E-state index is 4.56. The van der Waals surface area contributed by atoms with Crippen LogP contribution in [0.25, 0.3) is 4.96 Å². The van der Waals surface area contributed by atoms with Crippen molar-refractivity contribution in [2.24, 2.45) is 0 Å². The number of hydrogen-bond acceptors (Lipinski definition) is 5. The molecule has 0 fully saturated rings. The van der Waals surface area contributed by atoms with Crippen molar-refractivity contribution in [3.05, 3.63) is 34.6 Å². The number of fused-ring (bicyclic) bond motifs is 1. The molecule has 3 aromatic rings. The average molecular weight is 262 g/mol. The first-order valence-electron chi connectivity index (χ1n) is 5.73. The van der Waals surface area contributed by atoms with Gasteiger partial charge in [-0.15, -0.1) is 11.3 Å². The van der Waals surface area contributed by atoms with E-state index < -0.39 is 0 Å². The molecule has 0 amide bonds. The van der Waals surface area contributed by atoms with Gasteiger partial charge in [-0.1, -0.05) is 0 Å². The number of imidazole rings is 1. The summed E-state index contributed by atoms with van der Waals surface area (Å²) in [6.45, 7) is 5.58. The fraction of sp³-hybridized carbons (Fsp3) is 0.364. The van der Waals surface area contributed by atoms with Gasteiger partial charge in [-0.05, 0) is 13.8 Å². The Balaban J connectivity index is 1.75. The van der Waals surface area contributed by atoms with Crippen molar-refractivity contribution in [2.45, 2.75) is 26.9 Å². The predicted octanol–water partition coefficient (Wildman–Crippen LogP) is 1.42. The van der Waals surface area contributed by atoms with E-state index in [2.05, 4.69) is 43.0 Å². The van der Waals surface area contributed by atoms with Crippen LogP contribution in [0.15, 0.2) is 12.5 Å². The fourth-order valence-corrected chi connectivity index (χ4v) is 2.83. The van der Waals surface area contributed by atoms with Gasteiger partial charge in [0, 0.05) is 17.6 Å². The zero-order valence-corrected chi connectivity index (χ0v) is 11.1. The van der Waals surface area contributed by atoms with Crippen molar-refractivity contribution >= 4 is 16.3 Å². The first kappa shape index (κ1) is 11.4. The molecule has 94 valence electrons. The third-order valence-electron chi connectivity index (χ3n) is 2.79. The molecule has 0 unspecified atom stereocenters. The number of nitrogens with zero attached hydrogens (tertiary/aromatic N) is 4. The standard InChI is InChI=1S/C11H14N6S/c1-7-5-17-9(8(2)15-11(17)18-7)3-12-4-10-13-6-14-16-10/h5-6,12H,3-4H2,1-2H3,(H,13,14,16). The molecule has 6 nitrogen and oxygen atoms in total. The summed E-state index contributed by atoms with van der Waals surface area (Å²) in [7, 11) is 0. The number of aromatic nitrogens is 5. The summed E-state index contributed by atoms with van der Waals surface area (Å²) < 4.78 is 2.16. The molecule has 0 aromatic carbocycles. The number of aromatic amines is 1. The molecule has 0 aliphatic heterocycles. The van der Waals surface area contributed by atoms with E-state index in [1.165, 1.54) is 16.9 Å². The number of rotatable bonds is 4. The molecule has 0 bridgehead atoms. The van der Waals surface area contributed by atoms with Gasteiger partial charge in [-0.25, -0.2) is 9.97 Å². The summed E-state index contributed by atoms with van der Waals surface area (Å²) in [5.41, 5.74) is 2.28. The second-order valence-corrected chi connectivity index (χ2v) is 5.39. The van der Waals surface area contributed by atoms with Crippen LogP contribution in [0.1, 0.15) is 22.1 Å². The highest BCUT2D eigenvalue weighted by Crippen LogP contribution is 2.20. The Morgan fingerprint density at radius 1 is 1.39 bits per heavy atom. The zero-order chi connectivity index (χ0) is 12.5. The Kier molecular flexibility index (Phi) is 2.85.